The molecule has 0 aromatic heterocycles. The Kier molecular flexibility index (Phi) is 7.72. The predicted molar refractivity (Wildman–Crippen MR) is 140 cm³/mol. The molecule has 0 radical (unpaired) electrons. The summed E-state index contributed by atoms with van der Waals surface area (Å²) in [6, 6.07) is 20.7. The van der Waals surface area contributed by atoms with E-state index in [9.17, 15) is 19.8 Å². The summed E-state index contributed by atoms with van der Waals surface area (Å²) in [6.45, 7) is 5.72. The van der Waals surface area contributed by atoms with Crippen molar-refractivity contribution in [3.05, 3.63) is 94.5 Å². The first-order valence-corrected chi connectivity index (χ1v) is 12.2. The number of carbonyl (C=O) groups excluding carboxylic acids is 2. The van der Waals surface area contributed by atoms with Gasteiger partial charge in [0.1, 0.15) is 5.75 Å². The average molecular weight is 488 g/mol. The predicted octanol–water partition coefficient (Wildman–Crippen LogP) is 3.80. The fraction of sp³-hybridized carbons (Fsp3) is 0.310. The second kappa shape index (κ2) is 10.9. The number of phenols is 1. The molecule has 1 atom stereocenters. The van der Waals surface area contributed by atoms with Crippen LogP contribution in [0.25, 0.3) is 0 Å². The van der Waals surface area contributed by atoms with Gasteiger partial charge in [0.15, 0.2) is 0 Å². The second-order valence-corrected chi connectivity index (χ2v) is 9.94. The van der Waals surface area contributed by atoms with E-state index in [0.717, 1.165) is 12.0 Å². The quantitative estimate of drug-likeness (QED) is 0.272. The van der Waals surface area contributed by atoms with Gasteiger partial charge in [-0.25, -0.2) is 0 Å². The fourth-order valence-corrected chi connectivity index (χ4v) is 4.67. The number of nitrogens with one attached hydrogen (secondary N) is 2. The molecule has 0 spiro atoms. The molecule has 36 heavy (non-hydrogen) atoms. The molecular formula is C29H33N3O4. The van der Waals surface area contributed by atoms with E-state index in [0.29, 0.717) is 37.0 Å². The number of phenolic OH excluding ortho intramolecular Hbond substituents is 1. The Morgan fingerprint density at radius 2 is 1.86 bits per heavy atom. The van der Waals surface area contributed by atoms with Gasteiger partial charge in [-0.1, -0.05) is 42.5 Å². The van der Waals surface area contributed by atoms with Gasteiger partial charge in [-0.2, -0.15) is 0 Å². The number of carbonyl (C=O) groups is 2. The summed E-state index contributed by atoms with van der Waals surface area (Å²) in [5.74, 6) is -0.0193. The van der Waals surface area contributed by atoms with Crippen molar-refractivity contribution < 1.29 is 19.8 Å². The molecule has 4 rings (SSSR count). The van der Waals surface area contributed by atoms with Crippen molar-refractivity contribution >= 4 is 18.0 Å². The second-order valence-electron chi connectivity index (χ2n) is 9.94. The number of hydrogen-bond acceptors (Lipinski definition) is 5. The zero-order valence-corrected chi connectivity index (χ0v) is 20.7. The number of nitrogens with zero attached hydrogens (tertiary/aromatic N) is 1. The third-order valence-electron chi connectivity index (χ3n) is 6.63. The number of aromatic hydroxyl groups is 1. The van der Waals surface area contributed by atoms with E-state index >= 15 is 0 Å². The molecular weight excluding hydrogens is 454 g/mol. The molecule has 188 valence electrons. The van der Waals surface area contributed by atoms with Crippen molar-refractivity contribution in [3.8, 4) is 5.75 Å². The number of fused-ring (bicyclic) bond motifs is 1. The van der Waals surface area contributed by atoms with Crippen LogP contribution >= 0.6 is 0 Å². The molecule has 3 aromatic rings. The van der Waals surface area contributed by atoms with Gasteiger partial charge in [0.2, 0.25) is 6.41 Å². The van der Waals surface area contributed by atoms with Gasteiger partial charge in [0.05, 0.1) is 11.8 Å². The van der Waals surface area contributed by atoms with Crippen LogP contribution in [0.15, 0.2) is 66.7 Å². The van der Waals surface area contributed by atoms with Crippen LogP contribution in [0.3, 0.4) is 0 Å². The summed E-state index contributed by atoms with van der Waals surface area (Å²) >= 11 is 0. The van der Waals surface area contributed by atoms with E-state index in [-0.39, 0.29) is 29.4 Å². The molecule has 1 aliphatic rings. The highest BCUT2D eigenvalue weighted by molar-refractivity contribution is 5.94. The lowest BCUT2D eigenvalue weighted by molar-refractivity contribution is -0.105. The Hall–Kier alpha value is -3.68. The van der Waals surface area contributed by atoms with Crippen molar-refractivity contribution in [1.82, 2.24) is 10.2 Å². The molecule has 1 aliphatic heterocycles. The SMILES string of the molecule is CC(C)(Cc1cccc(C(=O)N2CCc3ccccc3C2)c1)NC[C@H](O)c1ccc(O)c(NC=O)c1. The molecule has 0 fully saturated rings. The number of aliphatic hydroxyl groups excluding tert-OH is 1. The van der Waals surface area contributed by atoms with Gasteiger partial charge in [0, 0.05) is 30.7 Å². The molecule has 4 N–H and O–H groups in total. The third-order valence-corrected chi connectivity index (χ3v) is 6.63. The van der Waals surface area contributed by atoms with Crippen LogP contribution in [0.1, 0.15) is 52.6 Å². The number of rotatable bonds is 9. The van der Waals surface area contributed by atoms with Crippen molar-refractivity contribution in [1.29, 1.82) is 0 Å². The molecule has 3 aromatic carbocycles. The number of amides is 2. The zero-order valence-electron chi connectivity index (χ0n) is 20.7. The topological polar surface area (TPSA) is 102 Å². The molecule has 0 aliphatic carbocycles. The highest BCUT2D eigenvalue weighted by atomic mass is 16.3. The largest absolute Gasteiger partial charge is 0.506 e. The maximum absolute atomic E-state index is 13.2. The monoisotopic (exact) mass is 487 g/mol. The maximum atomic E-state index is 13.2. The van der Waals surface area contributed by atoms with E-state index in [1.165, 1.54) is 17.2 Å². The Bertz CT molecular complexity index is 1240. The summed E-state index contributed by atoms with van der Waals surface area (Å²) in [6.07, 6.45) is 1.19. The van der Waals surface area contributed by atoms with Crippen LogP contribution in [0.4, 0.5) is 5.69 Å². The summed E-state index contributed by atoms with van der Waals surface area (Å²) < 4.78 is 0. The summed E-state index contributed by atoms with van der Waals surface area (Å²) in [5.41, 5.74) is 4.71. The Labute approximate surface area is 211 Å². The summed E-state index contributed by atoms with van der Waals surface area (Å²) in [4.78, 5) is 25.9. The molecule has 0 unspecified atom stereocenters. The van der Waals surface area contributed by atoms with Crippen LogP contribution in [0.5, 0.6) is 5.75 Å². The van der Waals surface area contributed by atoms with Gasteiger partial charge < -0.3 is 25.7 Å². The van der Waals surface area contributed by atoms with E-state index in [1.807, 2.05) is 55.1 Å². The molecule has 7 heteroatoms. The van der Waals surface area contributed by atoms with E-state index in [4.69, 9.17) is 0 Å². The first-order chi connectivity index (χ1) is 17.3. The molecule has 7 nitrogen and oxygen atoms in total. The van der Waals surface area contributed by atoms with Gasteiger partial charge in [0.25, 0.3) is 5.91 Å². The minimum Gasteiger partial charge on any atom is -0.506 e. The lowest BCUT2D eigenvalue weighted by Gasteiger charge is -2.30. The lowest BCUT2D eigenvalue weighted by atomic mass is 9.93. The van der Waals surface area contributed by atoms with Crippen LogP contribution < -0.4 is 10.6 Å². The van der Waals surface area contributed by atoms with Gasteiger partial charge in [-0.15, -0.1) is 0 Å². The van der Waals surface area contributed by atoms with Crippen molar-refractivity contribution in [2.24, 2.45) is 0 Å². The van der Waals surface area contributed by atoms with Gasteiger partial charge in [-0.05, 0) is 73.2 Å². The van der Waals surface area contributed by atoms with E-state index in [2.05, 4.69) is 22.8 Å². The molecule has 0 bridgehead atoms. The first-order valence-electron chi connectivity index (χ1n) is 12.2. The standard InChI is InChI=1S/C29H33N3O4/c1-29(2,31-17-27(35)22-10-11-26(34)25(15-22)30-19-33)16-20-6-5-9-23(14-20)28(36)32-13-12-21-7-3-4-8-24(21)18-32/h3-11,14-15,19,27,31,34-35H,12-13,16-18H2,1-2H3,(H,30,33)/t27-/m0/s1. The average Bonchev–Trinajstić information content (AvgIpc) is 2.88. The van der Waals surface area contributed by atoms with Crippen molar-refractivity contribution in [2.75, 3.05) is 18.4 Å². The summed E-state index contributed by atoms with van der Waals surface area (Å²) in [5, 5.41) is 26.3. The fourth-order valence-electron chi connectivity index (χ4n) is 4.67. The Morgan fingerprint density at radius 3 is 2.64 bits per heavy atom. The highest BCUT2D eigenvalue weighted by Crippen LogP contribution is 2.27. The number of aliphatic hydroxyl groups is 1. The van der Waals surface area contributed by atoms with E-state index in [1.54, 1.807) is 12.1 Å². The van der Waals surface area contributed by atoms with E-state index < -0.39 is 6.10 Å². The maximum Gasteiger partial charge on any atom is 0.254 e. The van der Waals surface area contributed by atoms with Crippen molar-refractivity contribution in [3.63, 3.8) is 0 Å². The van der Waals surface area contributed by atoms with Crippen LogP contribution in [0.2, 0.25) is 0 Å². The normalized spacial score (nSPS) is 14.1. The zero-order chi connectivity index (χ0) is 25.7. The minimum absolute atomic E-state index is 0.0413. The van der Waals surface area contributed by atoms with Crippen LogP contribution in [0, 0.1) is 0 Å². The molecule has 0 saturated heterocycles. The van der Waals surface area contributed by atoms with Gasteiger partial charge in [-0.3, -0.25) is 9.59 Å². The Balaban J connectivity index is 1.38. The molecule has 2 amide bonds. The number of hydrogen-bond donors (Lipinski definition) is 4. The summed E-state index contributed by atoms with van der Waals surface area (Å²) in [7, 11) is 0. The highest BCUT2D eigenvalue weighted by Gasteiger charge is 2.24. The molecule has 0 saturated carbocycles. The third kappa shape index (κ3) is 6.11. The van der Waals surface area contributed by atoms with Crippen LogP contribution in [-0.4, -0.2) is 46.1 Å². The number of anilines is 1. The van der Waals surface area contributed by atoms with Crippen molar-refractivity contribution in [2.45, 2.75) is 44.9 Å². The first kappa shape index (κ1) is 25.4. The van der Waals surface area contributed by atoms with Crippen LogP contribution in [-0.2, 0) is 24.2 Å². The smallest absolute Gasteiger partial charge is 0.254 e. The van der Waals surface area contributed by atoms with Gasteiger partial charge >= 0.3 is 0 Å². The number of benzene rings is 3. The minimum atomic E-state index is -0.827. The lowest BCUT2D eigenvalue weighted by Crippen LogP contribution is -2.43. The Morgan fingerprint density at radius 1 is 1.08 bits per heavy atom. The molecule has 1 heterocycles. The number of β-amino-alcohol motifs (C(OH)–C–C–N with tert-alkyl or cyclic N) is 1.